The van der Waals surface area contributed by atoms with Gasteiger partial charge < -0.3 is 14.4 Å². The monoisotopic (exact) mass is 327 g/mol. The summed E-state index contributed by atoms with van der Waals surface area (Å²) in [5, 5.41) is 0. The number of fused-ring (bicyclic) bond motifs is 2. The first-order valence-corrected chi connectivity index (χ1v) is 9.37. The average molecular weight is 327 g/mol. The largest absolute Gasteiger partial charge is 0.497 e. The molecule has 0 amide bonds. The molecule has 1 heterocycles. The molecule has 4 rings (SSSR count). The van der Waals surface area contributed by atoms with Crippen molar-refractivity contribution in [2.24, 2.45) is 5.92 Å². The SMILES string of the molecule is C=CCO[C@H]1CC2(CCN(CC3CC3)CC2)c2cc(OC)ccc21. The number of ether oxygens (including phenoxy) is 2. The van der Waals surface area contributed by atoms with E-state index in [0.29, 0.717) is 6.61 Å². The molecule has 1 aliphatic heterocycles. The highest BCUT2D eigenvalue weighted by molar-refractivity contribution is 5.46. The second-order valence-electron chi connectivity index (χ2n) is 7.79. The van der Waals surface area contributed by atoms with Gasteiger partial charge in [0, 0.05) is 12.0 Å². The van der Waals surface area contributed by atoms with Crippen LogP contribution in [0.15, 0.2) is 30.9 Å². The summed E-state index contributed by atoms with van der Waals surface area (Å²) in [5.41, 5.74) is 3.12. The Morgan fingerprint density at radius 3 is 2.75 bits per heavy atom. The molecular formula is C21H29NO2. The Bertz CT molecular complexity index is 600. The van der Waals surface area contributed by atoms with Gasteiger partial charge in [0.25, 0.3) is 0 Å². The summed E-state index contributed by atoms with van der Waals surface area (Å²) >= 11 is 0. The summed E-state index contributed by atoms with van der Waals surface area (Å²) in [6.07, 6.45) is 8.55. The van der Waals surface area contributed by atoms with Crippen molar-refractivity contribution in [2.75, 3.05) is 33.4 Å². The summed E-state index contributed by atoms with van der Waals surface area (Å²) in [6, 6.07) is 6.56. The number of nitrogens with zero attached hydrogens (tertiary/aromatic N) is 1. The molecule has 24 heavy (non-hydrogen) atoms. The Hall–Kier alpha value is -1.32. The molecule has 130 valence electrons. The minimum atomic E-state index is 0.207. The van der Waals surface area contributed by atoms with E-state index in [1.54, 1.807) is 7.11 Å². The Morgan fingerprint density at radius 1 is 1.29 bits per heavy atom. The van der Waals surface area contributed by atoms with E-state index < -0.39 is 0 Å². The first kappa shape index (κ1) is 16.2. The van der Waals surface area contributed by atoms with Crippen LogP contribution in [0, 0.1) is 5.92 Å². The van der Waals surface area contributed by atoms with Crippen LogP contribution in [0.3, 0.4) is 0 Å². The predicted molar refractivity (Wildman–Crippen MR) is 96.6 cm³/mol. The zero-order valence-corrected chi connectivity index (χ0v) is 14.8. The summed E-state index contributed by atoms with van der Waals surface area (Å²) in [6.45, 7) is 8.19. The van der Waals surface area contributed by atoms with Crippen LogP contribution in [0.2, 0.25) is 0 Å². The van der Waals surface area contributed by atoms with E-state index in [1.807, 2.05) is 6.08 Å². The molecule has 1 atom stereocenters. The first-order chi connectivity index (χ1) is 11.7. The molecule has 2 fully saturated rings. The van der Waals surface area contributed by atoms with Gasteiger partial charge in [0.1, 0.15) is 5.75 Å². The van der Waals surface area contributed by atoms with Crippen molar-refractivity contribution in [3.63, 3.8) is 0 Å². The molecular weight excluding hydrogens is 298 g/mol. The Morgan fingerprint density at radius 2 is 2.08 bits per heavy atom. The van der Waals surface area contributed by atoms with Crippen LogP contribution >= 0.6 is 0 Å². The third-order valence-corrected chi connectivity index (χ3v) is 6.20. The van der Waals surface area contributed by atoms with Crippen LogP contribution < -0.4 is 4.74 Å². The minimum absolute atomic E-state index is 0.207. The molecule has 0 unspecified atom stereocenters. The second kappa shape index (κ2) is 6.53. The molecule has 3 aliphatic rings. The van der Waals surface area contributed by atoms with Gasteiger partial charge in [-0.2, -0.15) is 0 Å². The molecule has 2 aliphatic carbocycles. The number of likely N-dealkylation sites (tertiary alicyclic amines) is 1. The number of rotatable bonds is 6. The maximum absolute atomic E-state index is 6.11. The van der Waals surface area contributed by atoms with E-state index in [2.05, 4.69) is 29.7 Å². The van der Waals surface area contributed by atoms with E-state index in [4.69, 9.17) is 9.47 Å². The number of hydrogen-bond acceptors (Lipinski definition) is 3. The maximum atomic E-state index is 6.11. The molecule has 1 aromatic carbocycles. The van der Waals surface area contributed by atoms with Crippen LogP contribution in [-0.4, -0.2) is 38.3 Å². The number of benzene rings is 1. The van der Waals surface area contributed by atoms with Crippen molar-refractivity contribution in [3.8, 4) is 5.75 Å². The van der Waals surface area contributed by atoms with Gasteiger partial charge in [-0.15, -0.1) is 6.58 Å². The standard InChI is InChI=1S/C21H29NO2/c1-3-12-24-20-14-21(19-13-17(23-2)6-7-18(19)20)8-10-22(11-9-21)15-16-4-5-16/h3,6-7,13,16,20H,1,4-5,8-12,14-15H2,2H3/t20-/m0/s1. The molecule has 3 heteroatoms. The van der Waals surface area contributed by atoms with Gasteiger partial charge in [-0.3, -0.25) is 0 Å². The van der Waals surface area contributed by atoms with E-state index in [1.165, 1.54) is 56.4 Å². The van der Waals surface area contributed by atoms with Crippen LogP contribution in [-0.2, 0) is 10.2 Å². The van der Waals surface area contributed by atoms with Gasteiger partial charge in [-0.25, -0.2) is 0 Å². The van der Waals surface area contributed by atoms with Crippen molar-refractivity contribution < 1.29 is 9.47 Å². The highest BCUT2D eigenvalue weighted by Gasteiger charge is 2.46. The zero-order chi connectivity index (χ0) is 16.6. The normalized spacial score (nSPS) is 25.6. The molecule has 1 spiro atoms. The van der Waals surface area contributed by atoms with Crippen molar-refractivity contribution >= 4 is 0 Å². The van der Waals surface area contributed by atoms with Crippen LogP contribution in [0.4, 0.5) is 0 Å². The molecule has 0 radical (unpaired) electrons. The molecule has 0 N–H and O–H groups in total. The highest BCUT2D eigenvalue weighted by Crippen LogP contribution is 2.53. The zero-order valence-electron chi connectivity index (χ0n) is 14.8. The Balaban J connectivity index is 1.56. The fraction of sp³-hybridized carbons (Fsp3) is 0.619. The number of piperidine rings is 1. The maximum Gasteiger partial charge on any atom is 0.119 e. The summed E-state index contributed by atoms with van der Waals surface area (Å²) in [4.78, 5) is 2.68. The Kier molecular flexibility index (Phi) is 4.40. The van der Waals surface area contributed by atoms with Crippen molar-refractivity contribution in [1.82, 2.24) is 4.90 Å². The quantitative estimate of drug-likeness (QED) is 0.735. The summed E-state index contributed by atoms with van der Waals surface area (Å²) in [5.74, 6) is 1.96. The molecule has 3 nitrogen and oxygen atoms in total. The number of hydrogen-bond donors (Lipinski definition) is 0. The average Bonchev–Trinajstić information content (AvgIpc) is 3.39. The Labute approximate surface area is 145 Å². The van der Waals surface area contributed by atoms with Crippen LogP contribution in [0.25, 0.3) is 0 Å². The third-order valence-electron chi connectivity index (χ3n) is 6.20. The van der Waals surface area contributed by atoms with Gasteiger partial charge >= 0.3 is 0 Å². The molecule has 0 aromatic heterocycles. The fourth-order valence-corrected chi connectivity index (χ4v) is 4.61. The van der Waals surface area contributed by atoms with E-state index in [0.717, 1.165) is 18.1 Å². The van der Waals surface area contributed by atoms with Gasteiger partial charge in [0.15, 0.2) is 0 Å². The lowest BCUT2D eigenvalue weighted by Gasteiger charge is -2.40. The van der Waals surface area contributed by atoms with Crippen LogP contribution in [0.1, 0.15) is 49.3 Å². The van der Waals surface area contributed by atoms with Crippen LogP contribution in [0.5, 0.6) is 5.75 Å². The predicted octanol–water partition coefficient (Wildman–Crippen LogP) is 4.09. The first-order valence-electron chi connectivity index (χ1n) is 9.37. The molecule has 1 saturated carbocycles. The van der Waals surface area contributed by atoms with E-state index in [9.17, 15) is 0 Å². The van der Waals surface area contributed by atoms with Crippen molar-refractivity contribution in [2.45, 2.75) is 43.6 Å². The minimum Gasteiger partial charge on any atom is -0.497 e. The smallest absolute Gasteiger partial charge is 0.119 e. The lowest BCUT2D eigenvalue weighted by molar-refractivity contribution is 0.0487. The van der Waals surface area contributed by atoms with Gasteiger partial charge in [-0.1, -0.05) is 12.1 Å². The van der Waals surface area contributed by atoms with Gasteiger partial charge in [0.2, 0.25) is 0 Å². The highest BCUT2D eigenvalue weighted by atomic mass is 16.5. The van der Waals surface area contributed by atoms with Crippen molar-refractivity contribution in [1.29, 1.82) is 0 Å². The van der Waals surface area contributed by atoms with Gasteiger partial charge in [0.05, 0.1) is 19.8 Å². The van der Waals surface area contributed by atoms with Crippen molar-refractivity contribution in [3.05, 3.63) is 42.0 Å². The van der Waals surface area contributed by atoms with E-state index in [-0.39, 0.29) is 11.5 Å². The third kappa shape index (κ3) is 3.00. The van der Waals surface area contributed by atoms with Gasteiger partial charge in [-0.05, 0) is 74.4 Å². The number of methoxy groups -OCH3 is 1. The fourth-order valence-electron chi connectivity index (χ4n) is 4.61. The summed E-state index contributed by atoms with van der Waals surface area (Å²) < 4.78 is 11.6. The molecule has 1 saturated heterocycles. The summed E-state index contributed by atoms with van der Waals surface area (Å²) in [7, 11) is 1.76. The second-order valence-corrected chi connectivity index (χ2v) is 7.79. The molecule has 1 aromatic rings. The lowest BCUT2D eigenvalue weighted by Crippen LogP contribution is -2.42. The molecule has 0 bridgehead atoms. The topological polar surface area (TPSA) is 21.7 Å². The lowest BCUT2D eigenvalue weighted by atomic mass is 9.73. The van der Waals surface area contributed by atoms with E-state index >= 15 is 0 Å².